The van der Waals surface area contributed by atoms with Gasteiger partial charge in [0.15, 0.2) is 0 Å². The summed E-state index contributed by atoms with van der Waals surface area (Å²) in [4.78, 5) is 13.7. The van der Waals surface area contributed by atoms with Gasteiger partial charge >= 0.3 is 6.09 Å². The zero-order valence-electron chi connectivity index (χ0n) is 10.8. The molecule has 0 N–H and O–H groups in total. The maximum atomic E-state index is 11.9. The number of rotatable bonds is 3. The fourth-order valence-electron chi connectivity index (χ4n) is 1.82. The highest BCUT2D eigenvalue weighted by atomic mass is 28.1. The monoisotopic (exact) mass is 245 g/mol. The fraction of sp³-hybridized carbons (Fsp3) is 0.909. The number of carbonyl (C=O) groups is 1. The first-order valence-corrected chi connectivity index (χ1v) is 7.43. The lowest BCUT2D eigenvalue weighted by atomic mass is 10.2. The van der Waals surface area contributed by atoms with Crippen LogP contribution in [0.2, 0.25) is 0 Å². The first-order valence-electron chi connectivity index (χ1n) is 6.01. The van der Waals surface area contributed by atoms with Crippen LogP contribution in [-0.2, 0) is 9.47 Å². The molecule has 0 radical (unpaired) electrons. The molecular weight excluding hydrogens is 222 g/mol. The second kappa shape index (κ2) is 5.68. The van der Waals surface area contributed by atoms with Gasteiger partial charge in [0, 0.05) is 23.0 Å². The number of hydrogen-bond acceptors (Lipinski definition) is 3. The molecule has 0 spiro atoms. The molecule has 16 heavy (non-hydrogen) atoms. The van der Waals surface area contributed by atoms with Crippen LogP contribution in [-0.4, -0.2) is 52.3 Å². The topological polar surface area (TPSA) is 38.8 Å². The maximum Gasteiger partial charge on any atom is 0.410 e. The lowest BCUT2D eigenvalue weighted by Gasteiger charge is -2.28. The average molecular weight is 245 g/mol. The molecule has 1 unspecified atom stereocenters. The van der Waals surface area contributed by atoms with Gasteiger partial charge in [0.25, 0.3) is 0 Å². The van der Waals surface area contributed by atoms with Gasteiger partial charge < -0.3 is 14.4 Å². The summed E-state index contributed by atoms with van der Waals surface area (Å²) in [5.41, 5.74) is -0.414. The predicted octanol–water partition coefficient (Wildman–Crippen LogP) is 0.725. The molecule has 5 heteroatoms. The number of amides is 1. The molecule has 1 fully saturated rings. The van der Waals surface area contributed by atoms with Gasteiger partial charge in [-0.25, -0.2) is 4.79 Å². The van der Waals surface area contributed by atoms with E-state index in [0.717, 1.165) is 35.9 Å². The smallest absolute Gasteiger partial charge is 0.410 e. The van der Waals surface area contributed by atoms with Crippen LogP contribution in [0.4, 0.5) is 4.79 Å². The third-order valence-electron chi connectivity index (χ3n) is 2.52. The minimum Gasteiger partial charge on any atom is -0.444 e. The van der Waals surface area contributed by atoms with Crippen LogP contribution in [0.5, 0.6) is 0 Å². The van der Waals surface area contributed by atoms with E-state index in [2.05, 4.69) is 0 Å². The molecule has 1 aliphatic heterocycles. The predicted molar refractivity (Wildman–Crippen MR) is 66.7 cm³/mol. The quantitative estimate of drug-likeness (QED) is 0.688. The average Bonchev–Trinajstić information content (AvgIpc) is 2.59. The summed E-state index contributed by atoms with van der Waals surface area (Å²) in [6.07, 6.45) is 2.71. The summed E-state index contributed by atoms with van der Waals surface area (Å²) in [5, 5.41) is 0. The molecule has 0 aliphatic carbocycles. The first-order chi connectivity index (χ1) is 7.44. The third-order valence-corrected chi connectivity index (χ3v) is 2.93. The van der Waals surface area contributed by atoms with Crippen molar-refractivity contribution < 1.29 is 14.3 Å². The Bertz CT molecular complexity index is 240. The lowest BCUT2D eigenvalue weighted by Crippen LogP contribution is -2.41. The second-order valence-corrected chi connectivity index (χ2v) is 5.71. The zero-order chi connectivity index (χ0) is 12.2. The van der Waals surface area contributed by atoms with Crippen molar-refractivity contribution in [1.82, 2.24) is 4.90 Å². The normalized spacial score (nSPS) is 21.4. The molecule has 1 atom stereocenters. The molecule has 1 heterocycles. The molecular formula is C11H23NO3Si. The van der Waals surface area contributed by atoms with Crippen molar-refractivity contribution in [3.05, 3.63) is 0 Å². The summed E-state index contributed by atoms with van der Waals surface area (Å²) < 4.78 is 10.8. The van der Waals surface area contributed by atoms with E-state index < -0.39 is 5.60 Å². The highest BCUT2D eigenvalue weighted by Gasteiger charge is 2.31. The number of ether oxygens (including phenoxy) is 2. The Morgan fingerprint density at radius 3 is 2.75 bits per heavy atom. The van der Waals surface area contributed by atoms with Gasteiger partial charge in [-0.2, -0.15) is 0 Å². The standard InChI is InChI=1S/C11H23NO3Si/c1-11(2,3)15-10(13)12-6-4-5-9(12)7-14-8-16/h9H,4-8H2,1-3,16H3. The van der Waals surface area contributed by atoms with E-state index in [9.17, 15) is 4.79 Å². The van der Waals surface area contributed by atoms with Crippen LogP contribution >= 0.6 is 0 Å². The van der Waals surface area contributed by atoms with Crippen LogP contribution in [0.25, 0.3) is 0 Å². The molecule has 1 aliphatic rings. The Morgan fingerprint density at radius 1 is 1.50 bits per heavy atom. The Morgan fingerprint density at radius 2 is 2.19 bits per heavy atom. The van der Waals surface area contributed by atoms with Crippen molar-refractivity contribution in [3.8, 4) is 0 Å². The van der Waals surface area contributed by atoms with Crippen molar-refractivity contribution in [1.29, 1.82) is 0 Å². The Balaban J connectivity index is 2.47. The summed E-state index contributed by atoms with van der Waals surface area (Å²) in [5.74, 6) is 0. The minimum absolute atomic E-state index is 0.202. The van der Waals surface area contributed by atoms with Crippen molar-refractivity contribution in [2.24, 2.45) is 0 Å². The Hall–Kier alpha value is -0.553. The number of nitrogens with zero attached hydrogens (tertiary/aromatic N) is 1. The van der Waals surface area contributed by atoms with Gasteiger partial charge in [-0.05, 0) is 33.6 Å². The summed E-state index contributed by atoms with van der Waals surface area (Å²) >= 11 is 0. The summed E-state index contributed by atoms with van der Waals surface area (Å²) in [6.45, 7) is 7.13. The number of likely N-dealkylation sites (tertiary alicyclic amines) is 1. The molecule has 1 rings (SSSR count). The van der Waals surface area contributed by atoms with Crippen LogP contribution in [0.15, 0.2) is 0 Å². The minimum atomic E-state index is -0.414. The van der Waals surface area contributed by atoms with E-state index in [1.165, 1.54) is 0 Å². The van der Waals surface area contributed by atoms with Crippen LogP contribution in [0, 0.1) is 0 Å². The molecule has 0 aromatic carbocycles. The molecule has 94 valence electrons. The maximum absolute atomic E-state index is 11.9. The van der Waals surface area contributed by atoms with Crippen molar-refractivity contribution in [2.45, 2.75) is 45.3 Å². The van der Waals surface area contributed by atoms with Gasteiger partial charge in [0.1, 0.15) is 5.60 Å². The van der Waals surface area contributed by atoms with E-state index in [4.69, 9.17) is 9.47 Å². The van der Waals surface area contributed by atoms with E-state index in [0.29, 0.717) is 6.61 Å². The molecule has 0 saturated carbocycles. The largest absolute Gasteiger partial charge is 0.444 e. The van der Waals surface area contributed by atoms with Gasteiger partial charge in [-0.1, -0.05) is 0 Å². The van der Waals surface area contributed by atoms with Crippen LogP contribution < -0.4 is 0 Å². The Labute approximate surface area is 101 Å². The molecule has 0 aromatic rings. The van der Waals surface area contributed by atoms with Gasteiger partial charge in [-0.3, -0.25) is 0 Å². The van der Waals surface area contributed by atoms with Gasteiger partial charge in [-0.15, -0.1) is 0 Å². The summed E-state index contributed by atoms with van der Waals surface area (Å²) in [7, 11) is 1.05. The van der Waals surface area contributed by atoms with Crippen molar-refractivity contribution >= 4 is 16.3 Å². The Kier molecular flexibility index (Phi) is 4.80. The lowest BCUT2D eigenvalue weighted by molar-refractivity contribution is 0.0138. The van der Waals surface area contributed by atoms with Gasteiger partial charge in [0.2, 0.25) is 0 Å². The van der Waals surface area contributed by atoms with E-state index in [-0.39, 0.29) is 12.1 Å². The second-order valence-electron chi connectivity index (χ2n) is 5.13. The molecule has 4 nitrogen and oxygen atoms in total. The third kappa shape index (κ3) is 4.13. The highest BCUT2D eigenvalue weighted by molar-refractivity contribution is 6.08. The van der Waals surface area contributed by atoms with Crippen LogP contribution in [0.3, 0.4) is 0 Å². The first kappa shape index (κ1) is 13.5. The molecule has 0 aromatic heterocycles. The number of carbonyl (C=O) groups excluding carboxylic acids is 1. The van der Waals surface area contributed by atoms with Crippen molar-refractivity contribution in [2.75, 3.05) is 19.4 Å². The SMILES string of the molecule is CC(C)(C)OC(=O)N1CCCC1COC[SiH3]. The van der Waals surface area contributed by atoms with Crippen LogP contribution in [0.1, 0.15) is 33.6 Å². The fourth-order valence-corrected chi connectivity index (χ4v) is 2.06. The van der Waals surface area contributed by atoms with E-state index in [1.54, 1.807) is 0 Å². The highest BCUT2D eigenvalue weighted by Crippen LogP contribution is 2.20. The molecule has 0 bridgehead atoms. The van der Waals surface area contributed by atoms with Crippen molar-refractivity contribution in [3.63, 3.8) is 0 Å². The summed E-state index contributed by atoms with van der Waals surface area (Å²) in [6, 6.07) is 0.212. The van der Waals surface area contributed by atoms with E-state index in [1.807, 2.05) is 25.7 Å². The molecule has 1 saturated heterocycles. The zero-order valence-corrected chi connectivity index (χ0v) is 12.8. The van der Waals surface area contributed by atoms with Gasteiger partial charge in [0.05, 0.1) is 12.6 Å². The number of hydrogen-bond donors (Lipinski definition) is 0. The van der Waals surface area contributed by atoms with E-state index >= 15 is 0 Å². The molecule has 1 amide bonds.